The highest BCUT2D eigenvalue weighted by molar-refractivity contribution is 7.87. The van der Waals surface area contributed by atoms with Crippen molar-refractivity contribution < 1.29 is 13.2 Å². The van der Waals surface area contributed by atoms with E-state index in [1.54, 1.807) is 0 Å². The number of nitrogens with one attached hydrogen (secondary N) is 2. The van der Waals surface area contributed by atoms with Gasteiger partial charge in [-0.25, -0.2) is 4.72 Å². The van der Waals surface area contributed by atoms with Crippen LogP contribution < -0.4 is 4.72 Å². The Morgan fingerprint density at radius 3 is 2.50 bits per heavy atom. The monoisotopic (exact) mass is 447 g/mol. The minimum Gasteiger partial charge on any atom is -0.373 e. The molecule has 160 valence electrons. The zero-order valence-corrected chi connectivity index (χ0v) is 18.6. The van der Waals surface area contributed by atoms with Gasteiger partial charge in [-0.3, -0.25) is 0 Å². The number of aromatic amines is 1. The number of nitrogens with zero attached hydrogens (tertiary/aromatic N) is 1. The molecule has 2 heterocycles. The highest BCUT2D eigenvalue weighted by Gasteiger charge is 2.32. The van der Waals surface area contributed by atoms with Crippen LogP contribution in [0.1, 0.15) is 30.9 Å². The maximum atomic E-state index is 13.0. The summed E-state index contributed by atoms with van der Waals surface area (Å²) in [6.07, 6.45) is 1.66. The second kappa shape index (κ2) is 8.69. The van der Waals surface area contributed by atoms with Crippen LogP contribution in [0.15, 0.2) is 54.7 Å². The molecule has 1 aliphatic heterocycles. The summed E-state index contributed by atoms with van der Waals surface area (Å²) in [7, 11) is -3.66. The summed E-state index contributed by atoms with van der Waals surface area (Å²) < 4.78 is 36.1. The van der Waals surface area contributed by atoms with Gasteiger partial charge in [0.15, 0.2) is 0 Å². The van der Waals surface area contributed by atoms with Crippen molar-refractivity contribution in [2.75, 3.05) is 19.6 Å². The van der Waals surface area contributed by atoms with E-state index in [0.29, 0.717) is 18.1 Å². The zero-order valence-electron chi connectivity index (χ0n) is 17.0. The fourth-order valence-corrected chi connectivity index (χ4v) is 5.77. The summed E-state index contributed by atoms with van der Waals surface area (Å²) in [6.45, 7) is 4.65. The van der Waals surface area contributed by atoms with Crippen molar-refractivity contribution in [2.24, 2.45) is 0 Å². The van der Waals surface area contributed by atoms with Crippen LogP contribution in [0.5, 0.6) is 0 Å². The molecule has 0 bridgehead atoms. The molecule has 8 heteroatoms. The first kappa shape index (κ1) is 21.3. The summed E-state index contributed by atoms with van der Waals surface area (Å²) in [4.78, 5) is 3.28. The first-order valence-corrected chi connectivity index (χ1v) is 11.9. The van der Waals surface area contributed by atoms with Crippen molar-refractivity contribution >= 4 is 32.7 Å². The summed E-state index contributed by atoms with van der Waals surface area (Å²) in [5.41, 5.74) is 2.89. The maximum absolute atomic E-state index is 13.0. The minimum atomic E-state index is -3.66. The minimum absolute atomic E-state index is 0.140. The van der Waals surface area contributed by atoms with E-state index in [0.717, 1.165) is 22.0 Å². The van der Waals surface area contributed by atoms with Gasteiger partial charge in [-0.05, 0) is 37.1 Å². The first-order chi connectivity index (χ1) is 14.3. The number of morpholine rings is 1. The van der Waals surface area contributed by atoms with Gasteiger partial charge in [-0.1, -0.05) is 48.0 Å². The Balaban J connectivity index is 1.65. The molecule has 1 saturated heterocycles. The van der Waals surface area contributed by atoms with Crippen LogP contribution in [0.4, 0.5) is 0 Å². The van der Waals surface area contributed by atoms with Crippen LogP contribution in [-0.2, 0) is 14.9 Å². The van der Waals surface area contributed by atoms with Crippen LogP contribution in [0.25, 0.3) is 10.9 Å². The number of fused-ring (bicyclic) bond motifs is 1. The summed E-state index contributed by atoms with van der Waals surface area (Å²) in [5, 5.41) is 1.66. The normalized spacial score (nSPS) is 21.7. The second-order valence-corrected chi connectivity index (χ2v) is 9.95. The Bertz CT molecular complexity index is 1120. The predicted octanol–water partition coefficient (Wildman–Crippen LogP) is 3.90. The molecule has 30 heavy (non-hydrogen) atoms. The lowest BCUT2D eigenvalue weighted by Gasteiger charge is -2.34. The largest absolute Gasteiger partial charge is 0.373 e. The molecule has 0 spiro atoms. The van der Waals surface area contributed by atoms with Gasteiger partial charge in [0.05, 0.1) is 12.2 Å². The number of rotatable bonds is 6. The van der Waals surface area contributed by atoms with Crippen LogP contribution in [0.3, 0.4) is 0 Å². The van der Waals surface area contributed by atoms with E-state index >= 15 is 0 Å². The third kappa shape index (κ3) is 4.40. The molecule has 0 unspecified atom stereocenters. The molecule has 0 radical (unpaired) electrons. The SMILES string of the molecule is C[C@@H]1CN(S(=O)(=O)NC[C@H](c2ccccc2Cl)c2c[nH]c3ccccc23)C[C@H](C)O1. The van der Waals surface area contributed by atoms with Crippen molar-refractivity contribution in [3.63, 3.8) is 0 Å². The van der Waals surface area contributed by atoms with Crippen LogP contribution in [-0.4, -0.2) is 49.5 Å². The maximum Gasteiger partial charge on any atom is 0.279 e. The Morgan fingerprint density at radius 1 is 1.10 bits per heavy atom. The average molecular weight is 448 g/mol. The summed E-state index contributed by atoms with van der Waals surface area (Å²) in [5.74, 6) is -0.236. The molecule has 2 aromatic carbocycles. The number of hydrogen-bond donors (Lipinski definition) is 2. The Labute approximate surface area is 182 Å². The number of para-hydroxylation sites is 1. The highest BCUT2D eigenvalue weighted by atomic mass is 35.5. The Morgan fingerprint density at radius 2 is 1.77 bits per heavy atom. The van der Waals surface area contributed by atoms with E-state index in [2.05, 4.69) is 9.71 Å². The number of aromatic nitrogens is 1. The van der Waals surface area contributed by atoms with E-state index in [-0.39, 0.29) is 24.7 Å². The number of halogens is 1. The molecule has 6 nitrogen and oxygen atoms in total. The van der Waals surface area contributed by atoms with Gasteiger partial charge >= 0.3 is 0 Å². The van der Waals surface area contributed by atoms with Gasteiger partial charge in [0.2, 0.25) is 0 Å². The number of hydrogen-bond acceptors (Lipinski definition) is 3. The molecule has 2 N–H and O–H groups in total. The molecule has 4 rings (SSSR count). The molecule has 1 aromatic heterocycles. The van der Waals surface area contributed by atoms with Gasteiger partial charge in [-0.15, -0.1) is 0 Å². The smallest absolute Gasteiger partial charge is 0.279 e. The van der Waals surface area contributed by atoms with Crippen molar-refractivity contribution in [3.05, 3.63) is 70.9 Å². The lowest BCUT2D eigenvalue weighted by Crippen LogP contribution is -2.52. The standard InChI is InChI=1S/C22H26ClN3O3S/c1-15-13-26(14-16(2)29-15)30(27,28)25-12-20(17-7-3-5-9-21(17)23)19-11-24-22-10-6-4-8-18(19)22/h3-11,15-16,20,24-25H,12-14H2,1-2H3/t15-,16+,20-/m1/s1. The quantitative estimate of drug-likeness (QED) is 0.601. The molecule has 0 saturated carbocycles. The number of benzene rings is 2. The van der Waals surface area contributed by atoms with Gasteiger partial charge < -0.3 is 9.72 Å². The zero-order chi connectivity index (χ0) is 21.3. The topological polar surface area (TPSA) is 74.4 Å². The molecule has 0 amide bonds. The van der Waals surface area contributed by atoms with Crippen LogP contribution in [0, 0.1) is 0 Å². The third-order valence-electron chi connectivity index (χ3n) is 5.47. The Kier molecular flexibility index (Phi) is 6.18. The van der Waals surface area contributed by atoms with E-state index in [1.165, 1.54) is 4.31 Å². The molecular formula is C22H26ClN3O3S. The molecule has 1 fully saturated rings. The van der Waals surface area contributed by atoms with E-state index in [1.807, 2.05) is 68.6 Å². The highest BCUT2D eigenvalue weighted by Crippen LogP contribution is 2.34. The van der Waals surface area contributed by atoms with E-state index in [4.69, 9.17) is 16.3 Å². The van der Waals surface area contributed by atoms with Crippen molar-refractivity contribution in [2.45, 2.75) is 32.0 Å². The fraction of sp³-hybridized carbons (Fsp3) is 0.364. The summed E-state index contributed by atoms with van der Waals surface area (Å²) in [6, 6.07) is 15.6. The number of H-pyrrole nitrogens is 1. The molecule has 3 aromatic rings. The average Bonchev–Trinajstić information content (AvgIpc) is 3.13. The van der Waals surface area contributed by atoms with Gasteiger partial charge in [0.1, 0.15) is 0 Å². The lowest BCUT2D eigenvalue weighted by atomic mass is 9.91. The van der Waals surface area contributed by atoms with E-state index in [9.17, 15) is 8.42 Å². The molecule has 3 atom stereocenters. The third-order valence-corrected chi connectivity index (χ3v) is 7.33. The van der Waals surface area contributed by atoms with Gasteiger partial charge in [0, 0.05) is 47.7 Å². The predicted molar refractivity (Wildman–Crippen MR) is 120 cm³/mol. The van der Waals surface area contributed by atoms with Crippen molar-refractivity contribution in [1.82, 2.24) is 14.0 Å². The van der Waals surface area contributed by atoms with Crippen molar-refractivity contribution in [1.29, 1.82) is 0 Å². The fourth-order valence-electron chi connectivity index (χ4n) is 4.13. The lowest BCUT2D eigenvalue weighted by molar-refractivity contribution is -0.0443. The molecular weight excluding hydrogens is 422 g/mol. The van der Waals surface area contributed by atoms with E-state index < -0.39 is 10.2 Å². The van der Waals surface area contributed by atoms with Gasteiger partial charge in [0.25, 0.3) is 10.2 Å². The molecule has 1 aliphatic rings. The van der Waals surface area contributed by atoms with Crippen LogP contribution in [0.2, 0.25) is 5.02 Å². The molecule has 0 aliphatic carbocycles. The second-order valence-electron chi connectivity index (χ2n) is 7.79. The first-order valence-electron chi connectivity index (χ1n) is 10.1. The van der Waals surface area contributed by atoms with Crippen molar-refractivity contribution in [3.8, 4) is 0 Å². The number of ether oxygens (including phenoxy) is 1. The summed E-state index contributed by atoms with van der Waals surface area (Å²) >= 11 is 6.51. The Hall–Kier alpha value is -1.90. The van der Waals surface area contributed by atoms with Gasteiger partial charge in [-0.2, -0.15) is 12.7 Å². The van der Waals surface area contributed by atoms with Crippen LogP contribution >= 0.6 is 11.6 Å².